The van der Waals surface area contributed by atoms with E-state index in [1.165, 1.54) is 0 Å². The van der Waals surface area contributed by atoms with Gasteiger partial charge >= 0.3 is 5.97 Å². The van der Waals surface area contributed by atoms with Crippen LogP contribution in [0, 0.1) is 0 Å². The van der Waals surface area contributed by atoms with Gasteiger partial charge in [-0.15, -0.1) is 0 Å². The lowest BCUT2D eigenvalue weighted by atomic mass is 10.2. The van der Waals surface area contributed by atoms with E-state index < -0.39 is 5.97 Å². The maximum atomic E-state index is 10.6. The second-order valence-electron chi connectivity index (χ2n) is 3.39. The van der Waals surface area contributed by atoms with E-state index in [1.54, 1.807) is 24.3 Å². The fourth-order valence-corrected chi connectivity index (χ4v) is 1.32. The molecule has 1 rings (SSSR count). The molecule has 1 aromatic rings. The van der Waals surface area contributed by atoms with E-state index in [0.29, 0.717) is 0 Å². The van der Waals surface area contributed by atoms with Gasteiger partial charge in [0.15, 0.2) is 0 Å². The molecule has 0 saturated carbocycles. The summed E-state index contributed by atoms with van der Waals surface area (Å²) in [6, 6.07) is 6.50. The summed E-state index contributed by atoms with van der Waals surface area (Å²) in [5.74, 6) is -0.183. The van der Waals surface area contributed by atoms with E-state index in [4.69, 9.17) is 9.84 Å². The monoisotopic (exact) mass is 208 g/mol. The van der Waals surface area contributed by atoms with Crippen molar-refractivity contribution in [2.45, 2.75) is 32.8 Å². The Morgan fingerprint density at radius 2 is 1.80 bits per heavy atom. The number of hydrogen-bond acceptors (Lipinski definition) is 2. The average molecular weight is 208 g/mol. The van der Waals surface area contributed by atoms with Gasteiger partial charge < -0.3 is 9.84 Å². The van der Waals surface area contributed by atoms with Gasteiger partial charge in [-0.3, -0.25) is 0 Å². The molecule has 0 amide bonds. The molecule has 3 heteroatoms. The summed E-state index contributed by atoms with van der Waals surface area (Å²) in [6.07, 6.45) is 2.12. The van der Waals surface area contributed by atoms with E-state index in [2.05, 4.69) is 13.8 Å². The van der Waals surface area contributed by atoms with E-state index in [9.17, 15) is 4.79 Å². The van der Waals surface area contributed by atoms with Crippen molar-refractivity contribution in [1.29, 1.82) is 0 Å². The highest BCUT2D eigenvalue weighted by atomic mass is 16.5. The lowest BCUT2D eigenvalue weighted by Crippen LogP contribution is -2.13. The predicted molar refractivity (Wildman–Crippen MR) is 58.4 cm³/mol. The van der Waals surface area contributed by atoms with Crippen LogP contribution in [0.3, 0.4) is 0 Å². The molecule has 3 nitrogen and oxygen atoms in total. The van der Waals surface area contributed by atoms with Crippen LogP contribution in [0.1, 0.15) is 37.0 Å². The minimum atomic E-state index is -0.913. The third kappa shape index (κ3) is 3.27. The highest BCUT2D eigenvalue weighted by molar-refractivity contribution is 5.87. The minimum absolute atomic E-state index is 0.209. The molecule has 0 heterocycles. The summed E-state index contributed by atoms with van der Waals surface area (Å²) >= 11 is 0. The van der Waals surface area contributed by atoms with E-state index in [-0.39, 0.29) is 11.7 Å². The van der Waals surface area contributed by atoms with Gasteiger partial charge in [-0.25, -0.2) is 4.79 Å². The van der Waals surface area contributed by atoms with Crippen molar-refractivity contribution in [2.24, 2.45) is 0 Å². The van der Waals surface area contributed by atoms with Gasteiger partial charge in [0.25, 0.3) is 0 Å². The molecule has 1 N–H and O–H groups in total. The fraction of sp³-hybridized carbons (Fsp3) is 0.417. The maximum absolute atomic E-state index is 10.6. The average Bonchev–Trinajstić information content (AvgIpc) is 2.26. The van der Waals surface area contributed by atoms with Crippen molar-refractivity contribution >= 4 is 5.97 Å². The number of benzene rings is 1. The molecule has 0 aliphatic carbocycles. The summed E-state index contributed by atoms with van der Waals surface area (Å²) in [6.45, 7) is 4.14. The van der Waals surface area contributed by atoms with Crippen molar-refractivity contribution < 1.29 is 14.6 Å². The van der Waals surface area contributed by atoms with Crippen molar-refractivity contribution in [1.82, 2.24) is 0 Å². The largest absolute Gasteiger partial charge is 0.490 e. The molecular weight excluding hydrogens is 192 g/mol. The van der Waals surface area contributed by atoms with Gasteiger partial charge in [-0.05, 0) is 37.1 Å². The Labute approximate surface area is 89.7 Å². The summed E-state index contributed by atoms with van der Waals surface area (Å²) in [5.41, 5.74) is 0.284. The summed E-state index contributed by atoms with van der Waals surface area (Å²) < 4.78 is 5.65. The molecule has 0 spiro atoms. The zero-order valence-electron chi connectivity index (χ0n) is 9.06. The third-order valence-corrected chi connectivity index (χ3v) is 2.31. The topological polar surface area (TPSA) is 46.5 Å². The first-order valence-corrected chi connectivity index (χ1v) is 5.17. The van der Waals surface area contributed by atoms with Crippen LogP contribution in [0.4, 0.5) is 0 Å². The molecule has 0 radical (unpaired) electrons. The Morgan fingerprint density at radius 1 is 1.27 bits per heavy atom. The van der Waals surface area contributed by atoms with Gasteiger partial charge in [-0.1, -0.05) is 13.8 Å². The summed E-state index contributed by atoms with van der Waals surface area (Å²) in [7, 11) is 0. The molecule has 82 valence electrons. The van der Waals surface area contributed by atoms with E-state index in [0.717, 1.165) is 18.6 Å². The van der Waals surface area contributed by atoms with Gasteiger partial charge in [0.1, 0.15) is 5.75 Å². The lowest BCUT2D eigenvalue weighted by molar-refractivity contribution is 0.0697. The quantitative estimate of drug-likeness (QED) is 0.809. The van der Waals surface area contributed by atoms with E-state index >= 15 is 0 Å². The highest BCUT2D eigenvalue weighted by Gasteiger charge is 2.06. The first kappa shape index (κ1) is 11.6. The lowest BCUT2D eigenvalue weighted by Gasteiger charge is -2.15. The Bertz CT molecular complexity index is 312. The zero-order chi connectivity index (χ0) is 11.3. The zero-order valence-corrected chi connectivity index (χ0v) is 9.06. The van der Waals surface area contributed by atoms with Crippen LogP contribution in [-0.4, -0.2) is 17.2 Å². The Balaban J connectivity index is 2.67. The predicted octanol–water partition coefficient (Wildman–Crippen LogP) is 2.95. The van der Waals surface area contributed by atoms with Crippen molar-refractivity contribution in [2.75, 3.05) is 0 Å². The maximum Gasteiger partial charge on any atom is 0.335 e. The number of carboxylic acid groups (broad SMARTS) is 1. The van der Waals surface area contributed by atoms with Crippen LogP contribution in [0.5, 0.6) is 5.75 Å². The minimum Gasteiger partial charge on any atom is -0.490 e. The van der Waals surface area contributed by atoms with Gasteiger partial charge in [-0.2, -0.15) is 0 Å². The van der Waals surface area contributed by atoms with Crippen molar-refractivity contribution in [3.8, 4) is 5.75 Å². The first-order valence-electron chi connectivity index (χ1n) is 5.17. The van der Waals surface area contributed by atoms with Crippen LogP contribution in [0.2, 0.25) is 0 Å². The molecule has 0 unspecified atom stereocenters. The highest BCUT2D eigenvalue weighted by Crippen LogP contribution is 2.16. The molecular formula is C12H16O3. The van der Waals surface area contributed by atoms with Crippen LogP contribution >= 0.6 is 0 Å². The first-order chi connectivity index (χ1) is 7.17. The molecule has 0 bridgehead atoms. The second kappa shape index (κ2) is 5.39. The molecule has 0 aliphatic rings. The number of hydrogen-bond donors (Lipinski definition) is 1. The standard InChI is InChI=1S/C12H16O3/c1-3-10(4-2)15-11-7-5-9(6-8-11)12(13)14/h5-8,10H,3-4H2,1-2H3,(H,13,14). The van der Waals surface area contributed by atoms with Crippen molar-refractivity contribution in [3.05, 3.63) is 29.8 Å². The number of ether oxygens (including phenoxy) is 1. The summed E-state index contributed by atoms with van der Waals surface area (Å²) in [5, 5.41) is 8.71. The Morgan fingerprint density at radius 3 is 2.20 bits per heavy atom. The summed E-state index contributed by atoms with van der Waals surface area (Å²) in [4.78, 5) is 10.6. The van der Waals surface area contributed by atoms with Crippen LogP contribution in [0.25, 0.3) is 0 Å². The second-order valence-corrected chi connectivity index (χ2v) is 3.39. The number of aromatic carboxylic acids is 1. The third-order valence-electron chi connectivity index (χ3n) is 2.31. The molecule has 0 aromatic heterocycles. The van der Waals surface area contributed by atoms with Gasteiger partial charge in [0, 0.05) is 0 Å². The van der Waals surface area contributed by atoms with Crippen LogP contribution in [0.15, 0.2) is 24.3 Å². The number of rotatable bonds is 5. The van der Waals surface area contributed by atoms with Crippen LogP contribution < -0.4 is 4.74 Å². The molecule has 0 saturated heterocycles. The molecule has 1 aromatic carbocycles. The smallest absolute Gasteiger partial charge is 0.335 e. The normalized spacial score (nSPS) is 10.3. The van der Waals surface area contributed by atoms with Gasteiger partial charge in [0.05, 0.1) is 11.7 Å². The molecule has 0 aliphatic heterocycles. The SMILES string of the molecule is CCC(CC)Oc1ccc(C(=O)O)cc1. The number of carbonyl (C=O) groups is 1. The van der Waals surface area contributed by atoms with E-state index in [1.807, 2.05) is 0 Å². The van der Waals surface area contributed by atoms with Crippen LogP contribution in [-0.2, 0) is 0 Å². The van der Waals surface area contributed by atoms with Crippen molar-refractivity contribution in [3.63, 3.8) is 0 Å². The Hall–Kier alpha value is -1.51. The Kier molecular flexibility index (Phi) is 4.16. The fourth-order valence-electron chi connectivity index (χ4n) is 1.32. The van der Waals surface area contributed by atoms with Gasteiger partial charge in [0.2, 0.25) is 0 Å². The molecule has 0 fully saturated rings. The number of carboxylic acids is 1. The molecule has 15 heavy (non-hydrogen) atoms. The molecule has 0 atom stereocenters.